The van der Waals surface area contributed by atoms with E-state index in [9.17, 15) is 0 Å². The zero-order valence-electron chi connectivity index (χ0n) is 9.28. The van der Waals surface area contributed by atoms with Crippen molar-refractivity contribution < 1.29 is 32.7 Å². The molecule has 13 heavy (non-hydrogen) atoms. The summed E-state index contributed by atoms with van der Waals surface area (Å²) in [6.45, 7) is 10.9. The fourth-order valence-corrected chi connectivity index (χ4v) is 1.73. The summed E-state index contributed by atoms with van der Waals surface area (Å²) in [5.41, 5.74) is 6.94. The van der Waals surface area contributed by atoms with Crippen LogP contribution in [-0.4, -0.2) is 0 Å². The van der Waals surface area contributed by atoms with Crippen molar-refractivity contribution in [2.75, 3.05) is 0 Å². The molecule has 1 rings (SSSR count). The Kier molecular flexibility index (Phi) is 5.40. The smallest absolute Gasteiger partial charge is 0 e. The monoisotopic (exact) mass is 250 g/mol. The van der Waals surface area contributed by atoms with Gasteiger partial charge in [-0.3, -0.25) is 0 Å². The van der Waals surface area contributed by atoms with E-state index in [4.69, 9.17) is 0 Å². The van der Waals surface area contributed by atoms with E-state index >= 15 is 0 Å². The van der Waals surface area contributed by atoms with Crippen LogP contribution in [-0.2, 0) is 39.1 Å². The van der Waals surface area contributed by atoms with Crippen LogP contribution in [0.2, 0.25) is 0 Å². The number of benzene rings is 1. The van der Waals surface area contributed by atoms with Crippen molar-refractivity contribution in [1.29, 1.82) is 0 Å². The normalized spacial score (nSPS) is 9.62. The van der Waals surface area contributed by atoms with Gasteiger partial charge in [-0.15, -0.1) is 0 Å². The van der Waals surface area contributed by atoms with E-state index in [1.807, 2.05) is 0 Å². The second kappa shape index (κ2) is 5.27. The first-order chi connectivity index (χ1) is 5.57. The van der Waals surface area contributed by atoms with E-state index in [0.29, 0.717) is 0 Å². The SMILES string of the molecule is CCc1c(C)c(C)[c-]c(C)c1C.[Y]. The fraction of sp³-hybridized carbons (Fsp3) is 0.500. The van der Waals surface area contributed by atoms with Crippen LogP contribution in [0.3, 0.4) is 0 Å². The summed E-state index contributed by atoms with van der Waals surface area (Å²) >= 11 is 0. The number of hydrogen-bond acceptors (Lipinski definition) is 0. The maximum atomic E-state index is 3.38. The zero-order chi connectivity index (χ0) is 9.30. The summed E-state index contributed by atoms with van der Waals surface area (Å²) in [6.07, 6.45) is 1.13. The molecule has 69 valence electrons. The van der Waals surface area contributed by atoms with Gasteiger partial charge in [0, 0.05) is 32.7 Å². The van der Waals surface area contributed by atoms with Gasteiger partial charge in [0.05, 0.1) is 0 Å². The van der Waals surface area contributed by atoms with Gasteiger partial charge in [-0.05, 0) is 0 Å². The van der Waals surface area contributed by atoms with Crippen LogP contribution in [0, 0.1) is 33.8 Å². The molecule has 0 aliphatic carbocycles. The zero-order valence-corrected chi connectivity index (χ0v) is 12.1. The molecule has 0 amide bonds. The van der Waals surface area contributed by atoms with E-state index in [2.05, 4.69) is 40.7 Å². The third-order valence-corrected chi connectivity index (χ3v) is 2.76. The largest absolute Gasteiger partial charge is 0.177 e. The van der Waals surface area contributed by atoms with Gasteiger partial charge < -0.3 is 0 Å². The molecule has 0 aromatic heterocycles. The van der Waals surface area contributed by atoms with Crippen molar-refractivity contribution in [3.63, 3.8) is 0 Å². The van der Waals surface area contributed by atoms with Gasteiger partial charge in [-0.25, -0.2) is 0 Å². The van der Waals surface area contributed by atoms with Crippen LogP contribution in [0.1, 0.15) is 34.7 Å². The first kappa shape index (κ1) is 13.3. The van der Waals surface area contributed by atoms with E-state index in [1.165, 1.54) is 27.8 Å². The van der Waals surface area contributed by atoms with E-state index < -0.39 is 0 Å². The second-order valence-corrected chi connectivity index (χ2v) is 3.46. The molecule has 0 heterocycles. The van der Waals surface area contributed by atoms with Crippen LogP contribution in [0.4, 0.5) is 0 Å². The molecule has 0 fully saturated rings. The van der Waals surface area contributed by atoms with Crippen molar-refractivity contribution in [1.82, 2.24) is 0 Å². The second-order valence-electron chi connectivity index (χ2n) is 3.46. The van der Waals surface area contributed by atoms with E-state index in [0.717, 1.165) is 6.42 Å². The minimum Gasteiger partial charge on any atom is -0.177 e. The minimum absolute atomic E-state index is 0. The molecule has 0 atom stereocenters. The van der Waals surface area contributed by atoms with Crippen molar-refractivity contribution in [3.05, 3.63) is 33.9 Å². The molecule has 1 heteroatoms. The van der Waals surface area contributed by atoms with Gasteiger partial charge in [-0.2, -0.15) is 33.9 Å². The Hall–Kier alpha value is 0.324. The van der Waals surface area contributed by atoms with Crippen molar-refractivity contribution in [3.8, 4) is 0 Å². The Labute approximate surface area is 107 Å². The van der Waals surface area contributed by atoms with Gasteiger partial charge in [0.2, 0.25) is 0 Å². The van der Waals surface area contributed by atoms with E-state index in [-0.39, 0.29) is 32.7 Å². The quantitative estimate of drug-likeness (QED) is 0.671. The molecule has 0 saturated carbocycles. The molecular weight excluding hydrogens is 233 g/mol. The van der Waals surface area contributed by atoms with Crippen LogP contribution >= 0.6 is 0 Å². The number of aryl methyl sites for hydroxylation is 2. The number of rotatable bonds is 1. The third-order valence-electron chi connectivity index (χ3n) is 2.76. The molecule has 0 aliphatic heterocycles. The standard InChI is InChI=1S/C12H17.Y/c1-6-12-10(4)8(2)7-9(3)11(12)5;/h6H2,1-5H3;/q-1;. The molecule has 0 unspecified atom stereocenters. The van der Waals surface area contributed by atoms with Crippen LogP contribution in [0.15, 0.2) is 0 Å². The summed E-state index contributed by atoms with van der Waals surface area (Å²) in [5, 5.41) is 0. The molecule has 0 bridgehead atoms. The van der Waals surface area contributed by atoms with Crippen molar-refractivity contribution in [2.45, 2.75) is 41.0 Å². The molecule has 0 spiro atoms. The Bertz CT molecular complexity index is 274. The summed E-state index contributed by atoms with van der Waals surface area (Å²) in [7, 11) is 0. The Morgan fingerprint density at radius 3 is 1.62 bits per heavy atom. The molecule has 0 N–H and O–H groups in total. The third kappa shape index (κ3) is 2.64. The Morgan fingerprint density at radius 2 is 1.31 bits per heavy atom. The van der Waals surface area contributed by atoms with Gasteiger partial charge in [0.15, 0.2) is 0 Å². The molecular formula is C12H17Y-. The number of hydrogen-bond donors (Lipinski definition) is 0. The molecule has 0 aliphatic rings. The molecule has 1 aromatic carbocycles. The summed E-state index contributed by atoms with van der Waals surface area (Å²) < 4.78 is 0. The molecule has 0 nitrogen and oxygen atoms in total. The fourth-order valence-electron chi connectivity index (χ4n) is 1.73. The van der Waals surface area contributed by atoms with Crippen LogP contribution in [0.25, 0.3) is 0 Å². The van der Waals surface area contributed by atoms with Crippen molar-refractivity contribution >= 4 is 0 Å². The van der Waals surface area contributed by atoms with Crippen LogP contribution in [0.5, 0.6) is 0 Å². The predicted molar refractivity (Wildman–Crippen MR) is 53.6 cm³/mol. The average molecular weight is 250 g/mol. The van der Waals surface area contributed by atoms with Gasteiger partial charge >= 0.3 is 0 Å². The topological polar surface area (TPSA) is 0 Å². The Morgan fingerprint density at radius 1 is 0.923 bits per heavy atom. The Balaban J connectivity index is 0.00000144. The first-order valence-electron chi connectivity index (χ1n) is 4.56. The maximum absolute atomic E-state index is 3.38. The van der Waals surface area contributed by atoms with E-state index in [1.54, 1.807) is 0 Å². The summed E-state index contributed by atoms with van der Waals surface area (Å²) in [6, 6.07) is 3.38. The molecule has 1 radical (unpaired) electrons. The summed E-state index contributed by atoms with van der Waals surface area (Å²) in [4.78, 5) is 0. The average Bonchev–Trinajstić information content (AvgIpc) is 2.02. The first-order valence-corrected chi connectivity index (χ1v) is 4.56. The molecule has 1 aromatic rings. The van der Waals surface area contributed by atoms with Crippen molar-refractivity contribution in [2.24, 2.45) is 0 Å². The van der Waals surface area contributed by atoms with Gasteiger partial charge in [-0.1, -0.05) is 41.0 Å². The minimum atomic E-state index is 0. The van der Waals surface area contributed by atoms with Crippen LogP contribution < -0.4 is 0 Å². The maximum Gasteiger partial charge on any atom is 0 e. The predicted octanol–water partition coefficient (Wildman–Crippen LogP) is 3.28. The van der Waals surface area contributed by atoms with Gasteiger partial charge in [0.25, 0.3) is 0 Å². The summed E-state index contributed by atoms with van der Waals surface area (Å²) in [5.74, 6) is 0. The molecule has 0 saturated heterocycles. The van der Waals surface area contributed by atoms with Gasteiger partial charge in [0.1, 0.15) is 0 Å².